The number of likely N-dealkylation sites (tertiary alicyclic amines) is 1. The molecule has 1 aromatic carbocycles. The van der Waals surface area contributed by atoms with E-state index in [1.54, 1.807) is 29.5 Å². The summed E-state index contributed by atoms with van der Waals surface area (Å²) in [6, 6.07) is 9.12. The lowest BCUT2D eigenvalue weighted by Gasteiger charge is -2.27. The van der Waals surface area contributed by atoms with Crippen molar-refractivity contribution in [1.29, 1.82) is 0 Å². The molecule has 0 saturated carbocycles. The molecule has 154 valence electrons. The molecule has 2 aromatic rings. The van der Waals surface area contributed by atoms with Gasteiger partial charge in [-0.2, -0.15) is 0 Å². The minimum absolute atomic E-state index is 0.148. The van der Waals surface area contributed by atoms with Crippen LogP contribution in [0.2, 0.25) is 0 Å². The van der Waals surface area contributed by atoms with Crippen molar-refractivity contribution >= 4 is 40.4 Å². The first-order valence-electron chi connectivity index (χ1n) is 9.68. The Morgan fingerprint density at radius 2 is 1.66 bits per heavy atom. The van der Waals surface area contributed by atoms with Crippen molar-refractivity contribution in [2.45, 2.75) is 32.7 Å². The predicted molar refractivity (Wildman–Crippen MR) is 115 cm³/mol. The van der Waals surface area contributed by atoms with Crippen LogP contribution in [0.25, 0.3) is 0 Å². The van der Waals surface area contributed by atoms with Crippen LogP contribution in [0.4, 0.5) is 11.4 Å². The maximum absolute atomic E-state index is 12.9. The van der Waals surface area contributed by atoms with Gasteiger partial charge in [-0.15, -0.1) is 11.3 Å². The number of amides is 3. The van der Waals surface area contributed by atoms with Gasteiger partial charge < -0.3 is 16.0 Å². The van der Waals surface area contributed by atoms with E-state index in [-0.39, 0.29) is 23.8 Å². The number of nitrogens with one attached hydrogen (secondary N) is 3. The predicted octanol–water partition coefficient (Wildman–Crippen LogP) is 3.23. The minimum Gasteiger partial charge on any atom is -0.350 e. The third kappa shape index (κ3) is 5.88. The Hall–Kier alpha value is -2.71. The zero-order chi connectivity index (χ0) is 20.8. The van der Waals surface area contributed by atoms with Crippen LogP contribution in [-0.2, 0) is 9.59 Å². The molecule has 1 saturated heterocycles. The van der Waals surface area contributed by atoms with Gasteiger partial charge in [-0.25, -0.2) is 0 Å². The van der Waals surface area contributed by atoms with Gasteiger partial charge in [0.25, 0.3) is 5.91 Å². The zero-order valence-electron chi connectivity index (χ0n) is 16.7. The van der Waals surface area contributed by atoms with Crippen LogP contribution in [0.15, 0.2) is 35.7 Å². The van der Waals surface area contributed by atoms with Crippen LogP contribution >= 0.6 is 11.3 Å². The summed E-state index contributed by atoms with van der Waals surface area (Å²) in [5, 5.41) is 10.4. The van der Waals surface area contributed by atoms with E-state index in [9.17, 15) is 14.4 Å². The van der Waals surface area contributed by atoms with Gasteiger partial charge in [-0.3, -0.25) is 19.3 Å². The van der Waals surface area contributed by atoms with Crippen LogP contribution in [-0.4, -0.2) is 42.3 Å². The van der Waals surface area contributed by atoms with E-state index >= 15 is 0 Å². The summed E-state index contributed by atoms with van der Waals surface area (Å²) >= 11 is 1.70. The van der Waals surface area contributed by atoms with Crippen LogP contribution < -0.4 is 16.0 Å². The first-order chi connectivity index (χ1) is 13.9. The molecule has 29 heavy (non-hydrogen) atoms. The molecule has 1 aromatic heterocycles. The number of thiophene rings is 1. The fraction of sp³-hybridized carbons (Fsp3) is 0.381. The Balaban J connectivity index is 1.75. The minimum atomic E-state index is -0.247. The Labute approximate surface area is 174 Å². The summed E-state index contributed by atoms with van der Waals surface area (Å²) in [4.78, 5) is 39.3. The number of carbonyl (C=O) groups excluding carboxylic acids is 3. The molecule has 1 unspecified atom stereocenters. The molecule has 0 aliphatic carbocycles. The summed E-state index contributed by atoms with van der Waals surface area (Å²) in [6.45, 7) is 5.35. The number of hydrogen-bond acceptors (Lipinski definition) is 5. The summed E-state index contributed by atoms with van der Waals surface area (Å²) in [5.41, 5.74) is 1.30. The van der Waals surface area contributed by atoms with Gasteiger partial charge in [0.15, 0.2) is 0 Å². The summed E-state index contributed by atoms with van der Waals surface area (Å²) in [7, 11) is 0. The second kappa shape index (κ2) is 9.67. The third-order valence-corrected chi connectivity index (χ3v) is 5.72. The quantitative estimate of drug-likeness (QED) is 0.649. The molecule has 1 fully saturated rings. The van der Waals surface area contributed by atoms with Crippen molar-refractivity contribution in [3.05, 3.63) is 46.2 Å². The molecule has 3 amide bonds. The molecule has 1 aliphatic rings. The van der Waals surface area contributed by atoms with E-state index in [0.717, 1.165) is 13.1 Å². The lowest BCUT2D eigenvalue weighted by atomic mass is 10.1. The molecular weight excluding hydrogens is 388 g/mol. The van der Waals surface area contributed by atoms with Gasteiger partial charge in [-0.1, -0.05) is 6.07 Å². The van der Waals surface area contributed by atoms with E-state index in [4.69, 9.17) is 0 Å². The van der Waals surface area contributed by atoms with Crippen molar-refractivity contribution in [2.75, 3.05) is 30.3 Å². The molecule has 1 aliphatic heterocycles. The van der Waals surface area contributed by atoms with Gasteiger partial charge >= 0.3 is 0 Å². The molecule has 0 bridgehead atoms. The van der Waals surface area contributed by atoms with Crippen molar-refractivity contribution in [3.63, 3.8) is 0 Å². The first-order valence-corrected chi connectivity index (χ1v) is 10.6. The van der Waals surface area contributed by atoms with E-state index in [2.05, 4.69) is 32.3 Å². The first kappa shape index (κ1) is 21.0. The molecular formula is C21H26N4O3S. The molecule has 2 heterocycles. The van der Waals surface area contributed by atoms with E-state index in [1.165, 1.54) is 31.6 Å². The Kier molecular flexibility index (Phi) is 7.00. The summed E-state index contributed by atoms with van der Waals surface area (Å²) in [6.07, 6.45) is 2.35. The number of nitrogens with zero attached hydrogens (tertiary/aromatic N) is 1. The SMILES string of the molecule is CC(=O)Nc1cc(NC(C)=O)cc(C(=O)NCC(c2cccs2)N2CCCC2)c1. The summed E-state index contributed by atoms with van der Waals surface area (Å²) < 4.78 is 0. The molecule has 8 heteroatoms. The average molecular weight is 415 g/mol. The van der Waals surface area contributed by atoms with E-state index < -0.39 is 0 Å². The standard InChI is InChI=1S/C21H26N4O3S/c1-14(26)23-17-10-16(11-18(12-17)24-15(2)27)21(28)22-13-19(20-6-5-9-29-20)25-7-3-4-8-25/h5-6,9-12,19H,3-4,7-8,13H2,1-2H3,(H,22,28)(H,23,26)(H,24,27). The normalized spacial score (nSPS) is 15.0. The smallest absolute Gasteiger partial charge is 0.251 e. The van der Waals surface area contributed by atoms with Crippen molar-refractivity contribution in [2.24, 2.45) is 0 Å². The van der Waals surface area contributed by atoms with Crippen LogP contribution in [0, 0.1) is 0 Å². The molecule has 3 rings (SSSR count). The van der Waals surface area contributed by atoms with Crippen LogP contribution in [0.3, 0.4) is 0 Å². The number of benzene rings is 1. The van der Waals surface area contributed by atoms with Crippen LogP contribution in [0.5, 0.6) is 0 Å². The highest BCUT2D eigenvalue weighted by Crippen LogP contribution is 2.28. The van der Waals surface area contributed by atoms with Gasteiger partial charge in [0.2, 0.25) is 11.8 Å². The number of carbonyl (C=O) groups is 3. The Bertz CT molecular complexity index is 842. The highest BCUT2D eigenvalue weighted by atomic mass is 32.1. The molecule has 0 radical (unpaired) electrons. The van der Waals surface area contributed by atoms with E-state index in [0.29, 0.717) is 23.5 Å². The molecule has 1 atom stereocenters. The Morgan fingerprint density at radius 1 is 1.03 bits per heavy atom. The highest BCUT2D eigenvalue weighted by molar-refractivity contribution is 7.10. The van der Waals surface area contributed by atoms with Gasteiger partial charge in [0, 0.05) is 42.2 Å². The number of rotatable bonds is 7. The monoisotopic (exact) mass is 414 g/mol. The highest BCUT2D eigenvalue weighted by Gasteiger charge is 2.25. The largest absolute Gasteiger partial charge is 0.350 e. The molecule has 7 nitrogen and oxygen atoms in total. The molecule has 3 N–H and O–H groups in total. The maximum atomic E-state index is 12.9. The maximum Gasteiger partial charge on any atom is 0.251 e. The summed E-state index contributed by atoms with van der Waals surface area (Å²) in [5.74, 6) is -0.740. The second-order valence-corrected chi connectivity index (χ2v) is 8.13. The topological polar surface area (TPSA) is 90.5 Å². The lowest BCUT2D eigenvalue weighted by molar-refractivity contribution is -0.115. The lowest BCUT2D eigenvalue weighted by Crippen LogP contribution is -2.36. The number of hydrogen-bond donors (Lipinski definition) is 3. The average Bonchev–Trinajstić information content (AvgIpc) is 3.35. The van der Waals surface area contributed by atoms with Crippen molar-refractivity contribution < 1.29 is 14.4 Å². The van der Waals surface area contributed by atoms with Crippen molar-refractivity contribution in [3.8, 4) is 0 Å². The van der Waals surface area contributed by atoms with E-state index in [1.807, 2.05) is 6.07 Å². The van der Waals surface area contributed by atoms with Gasteiger partial charge in [0.05, 0.1) is 6.04 Å². The Morgan fingerprint density at radius 3 is 2.17 bits per heavy atom. The fourth-order valence-corrected chi connectivity index (χ4v) is 4.41. The van der Waals surface area contributed by atoms with Crippen LogP contribution in [0.1, 0.15) is 48.0 Å². The third-order valence-electron chi connectivity index (χ3n) is 4.74. The van der Waals surface area contributed by atoms with Gasteiger partial charge in [-0.05, 0) is 55.6 Å². The second-order valence-electron chi connectivity index (χ2n) is 7.15. The number of anilines is 2. The molecule has 0 spiro atoms. The zero-order valence-corrected chi connectivity index (χ0v) is 17.5. The fourth-order valence-electron chi connectivity index (χ4n) is 3.54. The van der Waals surface area contributed by atoms with Crippen molar-refractivity contribution in [1.82, 2.24) is 10.2 Å². The van der Waals surface area contributed by atoms with Gasteiger partial charge in [0.1, 0.15) is 0 Å².